The number of rotatable bonds is 2. The molecule has 1 aromatic carbocycles. The molecule has 0 bridgehead atoms. The Hall–Kier alpha value is -2.24. The van der Waals surface area contributed by atoms with E-state index in [1.807, 2.05) is 0 Å². The molecule has 0 atom stereocenters. The quantitative estimate of drug-likeness (QED) is 0.617. The molecule has 0 fully saturated rings. The second-order valence-corrected chi connectivity index (χ2v) is 3.03. The first kappa shape index (κ1) is 10.3. The molecule has 0 spiro atoms. The number of fused-ring (bicyclic) bond motifs is 1. The zero-order chi connectivity index (χ0) is 11.5. The lowest BCUT2D eigenvalue weighted by Gasteiger charge is -1.94. The number of aromatic nitrogens is 1. The van der Waals surface area contributed by atoms with Crippen molar-refractivity contribution in [1.29, 1.82) is 0 Å². The molecule has 0 unspecified atom stereocenters. The molecule has 80 valence electrons. The largest absolute Gasteiger partial charge is 0.465 e. The van der Waals surface area contributed by atoms with E-state index in [1.165, 1.54) is 0 Å². The van der Waals surface area contributed by atoms with E-state index in [0.29, 0.717) is 16.7 Å². The summed E-state index contributed by atoms with van der Waals surface area (Å²) in [7, 11) is 0. The first-order valence-corrected chi connectivity index (χ1v) is 4.59. The van der Waals surface area contributed by atoms with Crippen LogP contribution in [0.3, 0.4) is 0 Å². The molecule has 1 aromatic heterocycles. The first-order valence-electron chi connectivity index (χ1n) is 4.18. The average Bonchev–Trinajstić information content (AvgIpc) is 2.61. The highest BCUT2D eigenvalue weighted by Crippen LogP contribution is 2.26. The summed E-state index contributed by atoms with van der Waals surface area (Å²) >= 11 is 4.47. The molecule has 2 N–H and O–H groups in total. The van der Waals surface area contributed by atoms with Crippen molar-refractivity contribution in [2.75, 3.05) is 5.32 Å². The van der Waals surface area contributed by atoms with E-state index < -0.39 is 6.09 Å². The Morgan fingerprint density at radius 1 is 1.62 bits per heavy atom. The highest BCUT2D eigenvalue weighted by Gasteiger charge is 2.10. The second kappa shape index (κ2) is 4.09. The summed E-state index contributed by atoms with van der Waals surface area (Å²) in [5.41, 5.74) is 1.02. The van der Waals surface area contributed by atoms with Gasteiger partial charge in [-0.1, -0.05) is 5.16 Å². The topological polar surface area (TPSA) is 87.7 Å². The highest BCUT2D eigenvalue weighted by atomic mass is 32.1. The smallest absolute Gasteiger partial charge is 0.410 e. The van der Waals surface area contributed by atoms with Crippen molar-refractivity contribution in [2.24, 2.45) is 4.99 Å². The molecule has 0 saturated carbocycles. The number of nitrogens with zero attached hydrogens (tertiary/aromatic N) is 2. The van der Waals surface area contributed by atoms with Gasteiger partial charge in [-0.3, -0.25) is 5.32 Å². The maximum absolute atomic E-state index is 10.5. The number of carboxylic acid groups (broad SMARTS) is 1. The van der Waals surface area contributed by atoms with Crippen LogP contribution in [0.5, 0.6) is 0 Å². The van der Waals surface area contributed by atoms with Gasteiger partial charge in [0.05, 0.1) is 16.2 Å². The predicted molar refractivity (Wildman–Crippen MR) is 60.3 cm³/mol. The number of benzene rings is 1. The summed E-state index contributed by atoms with van der Waals surface area (Å²) in [6.07, 6.45) is -1.21. The van der Waals surface area contributed by atoms with Crippen LogP contribution in [0.4, 0.5) is 16.3 Å². The summed E-state index contributed by atoms with van der Waals surface area (Å²) in [6, 6.07) is 4.90. The Labute approximate surface area is 94.6 Å². The number of isothiocyanates is 1. The van der Waals surface area contributed by atoms with Crippen molar-refractivity contribution in [1.82, 2.24) is 5.16 Å². The van der Waals surface area contributed by atoms with Gasteiger partial charge in [0.15, 0.2) is 11.4 Å². The van der Waals surface area contributed by atoms with E-state index in [0.717, 1.165) is 0 Å². The maximum Gasteiger partial charge on any atom is 0.410 e. The summed E-state index contributed by atoms with van der Waals surface area (Å²) in [5.74, 6) is 0.129. The van der Waals surface area contributed by atoms with Crippen molar-refractivity contribution in [3.63, 3.8) is 0 Å². The Balaban J connectivity index is 2.55. The van der Waals surface area contributed by atoms with Crippen LogP contribution in [0.25, 0.3) is 11.0 Å². The van der Waals surface area contributed by atoms with Crippen LogP contribution in [0.1, 0.15) is 0 Å². The molecular weight excluding hydrogens is 230 g/mol. The third-order valence-electron chi connectivity index (χ3n) is 1.85. The normalized spacial score (nSPS) is 9.75. The van der Waals surface area contributed by atoms with Gasteiger partial charge >= 0.3 is 6.09 Å². The Kier molecular flexibility index (Phi) is 2.63. The van der Waals surface area contributed by atoms with Gasteiger partial charge in [-0.25, -0.2) is 4.79 Å². The van der Waals surface area contributed by atoms with Crippen LogP contribution in [-0.4, -0.2) is 21.5 Å². The van der Waals surface area contributed by atoms with Crippen molar-refractivity contribution in [3.05, 3.63) is 18.2 Å². The molecule has 0 aliphatic carbocycles. The number of nitrogens with one attached hydrogen (secondary N) is 1. The van der Waals surface area contributed by atoms with Crippen molar-refractivity contribution < 1.29 is 14.4 Å². The molecule has 2 aromatic rings. The fourth-order valence-corrected chi connectivity index (χ4v) is 1.35. The summed E-state index contributed by atoms with van der Waals surface area (Å²) in [4.78, 5) is 14.3. The summed E-state index contributed by atoms with van der Waals surface area (Å²) < 4.78 is 4.92. The lowest BCUT2D eigenvalue weighted by Crippen LogP contribution is -2.07. The average molecular weight is 235 g/mol. The van der Waals surface area contributed by atoms with Crippen LogP contribution in [0, 0.1) is 0 Å². The van der Waals surface area contributed by atoms with Crippen molar-refractivity contribution >= 4 is 45.9 Å². The fraction of sp³-hybridized carbons (Fsp3) is 0. The van der Waals surface area contributed by atoms with Gasteiger partial charge < -0.3 is 9.63 Å². The van der Waals surface area contributed by atoms with Crippen LogP contribution in [-0.2, 0) is 0 Å². The Morgan fingerprint density at radius 3 is 3.12 bits per heavy atom. The number of carbonyl (C=O) groups is 1. The molecule has 0 radical (unpaired) electrons. The summed E-state index contributed by atoms with van der Waals surface area (Å²) in [6.45, 7) is 0. The van der Waals surface area contributed by atoms with E-state index in [1.54, 1.807) is 18.2 Å². The number of anilines is 1. The number of hydrogen-bond acceptors (Lipinski definition) is 5. The minimum absolute atomic E-state index is 0.129. The molecular formula is C9H5N3O3S. The fourth-order valence-electron chi connectivity index (χ4n) is 1.24. The van der Waals surface area contributed by atoms with Crippen LogP contribution < -0.4 is 5.32 Å². The van der Waals surface area contributed by atoms with Crippen LogP contribution >= 0.6 is 12.2 Å². The van der Waals surface area contributed by atoms with E-state index in [-0.39, 0.29) is 5.82 Å². The van der Waals surface area contributed by atoms with E-state index in [4.69, 9.17) is 9.63 Å². The molecule has 1 amide bonds. The van der Waals surface area contributed by atoms with E-state index in [9.17, 15) is 4.79 Å². The molecule has 7 heteroatoms. The molecule has 0 saturated heterocycles. The predicted octanol–water partition coefficient (Wildman–Crippen LogP) is 2.65. The Morgan fingerprint density at radius 2 is 2.44 bits per heavy atom. The number of aliphatic imine (C=N–C) groups is 1. The lowest BCUT2D eigenvalue weighted by molar-refractivity contribution is 0.209. The van der Waals surface area contributed by atoms with E-state index in [2.05, 4.69) is 32.8 Å². The molecule has 0 aliphatic rings. The third-order valence-corrected chi connectivity index (χ3v) is 1.94. The zero-order valence-corrected chi connectivity index (χ0v) is 8.61. The highest BCUT2D eigenvalue weighted by molar-refractivity contribution is 7.78. The minimum Gasteiger partial charge on any atom is -0.465 e. The van der Waals surface area contributed by atoms with Crippen molar-refractivity contribution in [3.8, 4) is 0 Å². The van der Waals surface area contributed by atoms with Gasteiger partial charge in [0.1, 0.15) is 0 Å². The second-order valence-electron chi connectivity index (χ2n) is 2.84. The maximum atomic E-state index is 10.5. The Bertz CT molecular complexity index is 601. The minimum atomic E-state index is -1.21. The molecule has 1 heterocycles. The molecule has 6 nitrogen and oxygen atoms in total. The monoisotopic (exact) mass is 235 g/mol. The van der Waals surface area contributed by atoms with Gasteiger partial charge in [-0.05, 0) is 30.4 Å². The van der Waals surface area contributed by atoms with Gasteiger partial charge in [0.2, 0.25) is 0 Å². The van der Waals surface area contributed by atoms with Gasteiger partial charge in [-0.15, -0.1) is 0 Å². The summed E-state index contributed by atoms with van der Waals surface area (Å²) in [5, 5.41) is 17.0. The zero-order valence-electron chi connectivity index (χ0n) is 7.80. The van der Waals surface area contributed by atoms with Gasteiger partial charge in [0.25, 0.3) is 0 Å². The molecule has 2 rings (SSSR count). The number of thiocarbonyl (C=S) groups is 1. The molecule has 16 heavy (non-hydrogen) atoms. The molecule has 0 aliphatic heterocycles. The first-order chi connectivity index (χ1) is 7.70. The van der Waals surface area contributed by atoms with Gasteiger partial charge in [-0.2, -0.15) is 4.99 Å². The van der Waals surface area contributed by atoms with Crippen LogP contribution in [0.2, 0.25) is 0 Å². The van der Waals surface area contributed by atoms with Crippen molar-refractivity contribution in [2.45, 2.75) is 0 Å². The van der Waals surface area contributed by atoms with E-state index >= 15 is 0 Å². The SMILES string of the molecule is O=C(O)Nc1noc2ccc(N=C=S)cc12. The third kappa shape index (κ3) is 1.90. The number of hydrogen-bond donors (Lipinski definition) is 2. The van der Waals surface area contributed by atoms with Crippen LogP contribution in [0.15, 0.2) is 27.7 Å². The van der Waals surface area contributed by atoms with Gasteiger partial charge in [0, 0.05) is 0 Å². The lowest BCUT2D eigenvalue weighted by atomic mass is 10.2. The number of amides is 1. The standard InChI is InChI=1S/C9H5N3O3S/c13-9(14)11-8-6-3-5(10-4-16)1-2-7(6)15-12-8/h1-3H,(H,11,12)(H,13,14).